The van der Waals surface area contributed by atoms with E-state index in [1.165, 1.54) is 12.8 Å². The second-order valence-electron chi connectivity index (χ2n) is 4.77. The van der Waals surface area contributed by atoms with Crippen molar-refractivity contribution in [2.75, 3.05) is 13.2 Å². The van der Waals surface area contributed by atoms with Gasteiger partial charge in [-0.1, -0.05) is 6.92 Å². The number of hydrogen-bond acceptors (Lipinski definition) is 3. The Kier molecular flexibility index (Phi) is 3.49. The van der Waals surface area contributed by atoms with Crippen molar-refractivity contribution >= 4 is 0 Å². The summed E-state index contributed by atoms with van der Waals surface area (Å²) in [6.45, 7) is 4.65. The first-order valence-electron chi connectivity index (χ1n) is 6.13. The van der Waals surface area contributed by atoms with E-state index in [0.717, 1.165) is 38.3 Å². The lowest BCUT2D eigenvalue weighted by atomic mass is 10.0. The van der Waals surface area contributed by atoms with Crippen molar-refractivity contribution in [3.8, 4) is 5.75 Å². The molecule has 0 radical (unpaired) electrons. The SMILES string of the molecule is CCCn1cc(OCC2(CCN)CC2)cn1. The van der Waals surface area contributed by atoms with Gasteiger partial charge in [0.05, 0.1) is 19.0 Å². The third kappa shape index (κ3) is 2.76. The molecule has 1 aromatic heterocycles. The smallest absolute Gasteiger partial charge is 0.157 e. The molecule has 2 rings (SSSR count). The number of aromatic nitrogens is 2. The highest BCUT2D eigenvalue weighted by Gasteiger charge is 2.42. The van der Waals surface area contributed by atoms with Crippen molar-refractivity contribution in [2.24, 2.45) is 11.1 Å². The van der Waals surface area contributed by atoms with E-state index in [2.05, 4.69) is 12.0 Å². The minimum absolute atomic E-state index is 0.377. The number of nitrogens with zero attached hydrogens (tertiary/aromatic N) is 2. The molecule has 1 fully saturated rings. The summed E-state index contributed by atoms with van der Waals surface area (Å²) in [6.07, 6.45) is 8.46. The fourth-order valence-electron chi connectivity index (χ4n) is 1.96. The summed E-state index contributed by atoms with van der Waals surface area (Å²) in [5, 5.41) is 4.24. The predicted octanol–water partition coefficient (Wildman–Crippen LogP) is 1.80. The van der Waals surface area contributed by atoms with E-state index in [9.17, 15) is 0 Å². The molecule has 1 saturated carbocycles. The van der Waals surface area contributed by atoms with Gasteiger partial charge in [-0.2, -0.15) is 5.10 Å². The molecular formula is C12H21N3O. The van der Waals surface area contributed by atoms with Crippen LogP contribution in [0, 0.1) is 5.41 Å². The minimum atomic E-state index is 0.377. The molecule has 1 aliphatic carbocycles. The van der Waals surface area contributed by atoms with Gasteiger partial charge in [0.1, 0.15) is 0 Å². The Morgan fingerprint density at radius 2 is 2.38 bits per heavy atom. The minimum Gasteiger partial charge on any atom is -0.490 e. The number of nitrogens with two attached hydrogens (primary N) is 1. The fourth-order valence-corrected chi connectivity index (χ4v) is 1.96. The van der Waals surface area contributed by atoms with Crippen molar-refractivity contribution < 1.29 is 4.74 Å². The summed E-state index contributed by atoms with van der Waals surface area (Å²) in [5.41, 5.74) is 5.97. The van der Waals surface area contributed by atoms with Crippen LogP contribution in [0.25, 0.3) is 0 Å². The third-order valence-corrected chi connectivity index (χ3v) is 3.24. The van der Waals surface area contributed by atoms with Gasteiger partial charge >= 0.3 is 0 Å². The monoisotopic (exact) mass is 223 g/mol. The maximum atomic E-state index is 5.77. The first-order chi connectivity index (χ1) is 7.78. The summed E-state index contributed by atoms with van der Waals surface area (Å²) >= 11 is 0. The van der Waals surface area contributed by atoms with Crippen molar-refractivity contribution in [2.45, 2.75) is 39.2 Å². The van der Waals surface area contributed by atoms with Crippen molar-refractivity contribution in [1.82, 2.24) is 9.78 Å². The van der Waals surface area contributed by atoms with Gasteiger partial charge in [-0.25, -0.2) is 0 Å². The number of rotatable bonds is 7. The van der Waals surface area contributed by atoms with Crippen LogP contribution in [0.3, 0.4) is 0 Å². The number of aryl methyl sites for hydroxylation is 1. The van der Waals surface area contributed by atoms with E-state index in [-0.39, 0.29) is 0 Å². The number of ether oxygens (including phenoxy) is 1. The first-order valence-corrected chi connectivity index (χ1v) is 6.13. The molecule has 16 heavy (non-hydrogen) atoms. The van der Waals surface area contributed by atoms with Crippen molar-refractivity contribution in [3.05, 3.63) is 12.4 Å². The Balaban J connectivity index is 1.80. The summed E-state index contributed by atoms with van der Waals surface area (Å²) in [5.74, 6) is 0.886. The maximum Gasteiger partial charge on any atom is 0.157 e. The van der Waals surface area contributed by atoms with Crippen LogP contribution in [0.1, 0.15) is 32.6 Å². The molecule has 90 valence electrons. The lowest BCUT2D eigenvalue weighted by Gasteiger charge is -2.13. The Bertz CT molecular complexity index is 331. The molecule has 4 heteroatoms. The van der Waals surface area contributed by atoms with Gasteiger partial charge in [0.2, 0.25) is 0 Å². The molecule has 1 aliphatic rings. The van der Waals surface area contributed by atoms with Gasteiger partial charge in [-0.05, 0) is 32.2 Å². The molecule has 0 aromatic carbocycles. The second-order valence-corrected chi connectivity index (χ2v) is 4.77. The molecule has 0 saturated heterocycles. The topological polar surface area (TPSA) is 53.1 Å². The molecule has 0 bridgehead atoms. The lowest BCUT2D eigenvalue weighted by Crippen LogP contribution is -2.17. The van der Waals surface area contributed by atoms with Gasteiger partial charge in [-0.3, -0.25) is 4.68 Å². The van der Waals surface area contributed by atoms with Crippen LogP contribution in [0.15, 0.2) is 12.4 Å². The number of hydrogen-bond donors (Lipinski definition) is 1. The molecule has 2 N–H and O–H groups in total. The summed E-state index contributed by atoms with van der Waals surface area (Å²) in [7, 11) is 0. The lowest BCUT2D eigenvalue weighted by molar-refractivity contribution is 0.226. The molecule has 0 spiro atoms. The second kappa shape index (κ2) is 4.87. The molecule has 0 aliphatic heterocycles. The zero-order valence-electron chi connectivity index (χ0n) is 9.98. The summed E-state index contributed by atoms with van der Waals surface area (Å²) in [4.78, 5) is 0. The fraction of sp³-hybridized carbons (Fsp3) is 0.750. The van der Waals surface area contributed by atoms with Crippen LogP contribution in [0.4, 0.5) is 0 Å². The molecule has 0 unspecified atom stereocenters. The van der Waals surface area contributed by atoms with Crippen LogP contribution in [0.2, 0.25) is 0 Å². The van der Waals surface area contributed by atoms with Crippen LogP contribution in [-0.2, 0) is 6.54 Å². The van der Waals surface area contributed by atoms with Crippen LogP contribution >= 0.6 is 0 Å². The normalized spacial score (nSPS) is 17.4. The molecule has 0 atom stereocenters. The highest BCUT2D eigenvalue weighted by Crippen LogP contribution is 2.48. The quantitative estimate of drug-likeness (QED) is 0.767. The van der Waals surface area contributed by atoms with E-state index < -0.39 is 0 Å². The highest BCUT2D eigenvalue weighted by molar-refractivity contribution is 5.12. The Morgan fingerprint density at radius 1 is 1.56 bits per heavy atom. The van der Waals surface area contributed by atoms with Crippen molar-refractivity contribution in [3.63, 3.8) is 0 Å². The van der Waals surface area contributed by atoms with Gasteiger partial charge in [0, 0.05) is 12.0 Å². The first kappa shape index (κ1) is 11.5. The summed E-state index contributed by atoms with van der Waals surface area (Å²) in [6, 6.07) is 0. The van der Waals surface area contributed by atoms with Gasteiger partial charge in [0.25, 0.3) is 0 Å². The maximum absolute atomic E-state index is 5.77. The zero-order chi connectivity index (χ0) is 11.4. The predicted molar refractivity (Wildman–Crippen MR) is 63.4 cm³/mol. The van der Waals surface area contributed by atoms with Crippen LogP contribution in [0.5, 0.6) is 5.75 Å². The van der Waals surface area contributed by atoms with Gasteiger partial charge in [-0.15, -0.1) is 0 Å². The van der Waals surface area contributed by atoms with E-state index in [1.54, 1.807) is 6.20 Å². The van der Waals surface area contributed by atoms with E-state index in [0.29, 0.717) is 5.41 Å². The third-order valence-electron chi connectivity index (χ3n) is 3.24. The Labute approximate surface area is 96.8 Å². The Morgan fingerprint density at radius 3 is 3.00 bits per heavy atom. The molecular weight excluding hydrogens is 202 g/mol. The van der Waals surface area contributed by atoms with E-state index in [4.69, 9.17) is 10.5 Å². The van der Waals surface area contributed by atoms with Gasteiger partial charge < -0.3 is 10.5 Å². The van der Waals surface area contributed by atoms with E-state index in [1.807, 2.05) is 10.9 Å². The molecule has 1 aromatic rings. The average molecular weight is 223 g/mol. The molecule has 1 heterocycles. The largest absolute Gasteiger partial charge is 0.490 e. The van der Waals surface area contributed by atoms with Crippen LogP contribution in [-0.4, -0.2) is 22.9 Å². The molecule has 4 nitrogen and oxygen atoms in total. The standard InChI is InChI=1S/C12H21N3O/c1-2-7-15-9-11(8-14-15)16-10-12(3-4-12)5-6-13/h8-9H,2-7,10,13H2,1H3. The zero-order valence-corrected chi connectivity index (χ0v) is 9.98. The van der Waals surface area contributed by atoms with Gasteiger partial charge in [0.15, 0.2) is 5.75 Å². The van der Waals surface area contributed by atoms with E-state index >= 15 is 0 Å². The Hall–Kier alpha value is -1.03. The highest BCUT2D eigenvalue weighted by atomic mass is 16.5. The van der Waals surface area contributed by atoms with Crippen molar-refractivity contribution in [1.29, 1.82) is 0 Å². The molecule has 0 amide bonds. The average Bonchev–Trinajstić information content (AvgIpc) is 2.89. The van der Waals surface area contributed by atoms with Crippen LogP contribution < -0.4 is 10.5 Å². The summed E-state index contributed by atoms with van der Waals surface area (Å²) < 4.78 is 7.70.